The Labute approximate surface area is 191 Å². The average molecular weight is 448 g/mol. The molecular formula is C25H24N2O6. The summed E-state index contributed by atoms with van der Waals surface area (Å²) in [6.45, 7) is 3.55. The Morgan fingerprint density at radius 2 is 1.88 bits per heavy atom. The molecule has 2 heterocycles. The quantitative estimate of drug-likeness (QED) is 0.529. The standard InChI is InChI=1S/C25H24N2O6/c1-16(2)26-25(30)23-11-9-19(33-23)13-27-20-12-17(8-10-22(20)32-15-24(27)29)21(28)14-31-18-6-4-3-5-7-18/h3-12,16H,13-15H2,1-2H3,(H,26,30). The van der Waals surface area contributed by atoms with Crippen molar-refractivity contribution in [3.05, 3.63) is 77.7 Å². The Morgan fingerprint density at radius 3 is 2.64 bits per heavy atom. The van der Waals surface area contributed by atoms with Crippen LogP contribution in [0.1, 0.15) is 40.5 Å². The molecule has 1 N–H and O–H groups in total. The van der Waals surface area contributed by atoms with Crippen LogP contribution in [0.2, 0.25) is 0 Å². The number of anilines is 1. The number of carbonyl (C=O) groups excluding carboxylic acids is 3. The third kappa shape index (κ3) is 5.23. The first-order valence-corrected chi connectivity index (χ1v) is 10.6. The van der Waals surface area contributed by atoms with Gasteiger partial charge in [-0.2, -0.15) is 0 Å². The Morgan fingerprint density at radius 1 is 1.09 bits per heavy atom. The number of fused-ring (bicyclic) bond motifs is 1. The fraction of sp³-hybridized carbons (Fsp3) is 0.240. The first kappa shape index (κ1) is 22.1. The highest BCUT2D eigenvalue weighted by Crippen LogP contribution is 2.34. The van der Waals surface area contributed by atoms with Gasteiger partial charge in [-0.1, -0.05) is 18.2 Å². The number of Topliss-reactive ketones (excluding diaryl/α,β-unsaturated/α-hetero) is 1. The van der Waals surface area contributed by atoms with Crippen LogP contribution in [-0.2, 0) is 11.3 Å². The minimum Gasteiger partial charge on any atom is -0.485 e. The lowest BCUT2D eigenvalue weighted by Gasteiger charge is -2.29. The molecule has 170 valence electrons. The predicted molar refractivity (Wildman–Crippen MR) is 121 cm³/mol. The molecule has 1 aliphatic rings. The SMILES string of the molecule is CC(C)NC(=O)c1ccc(CN2C(=O)COc3ccc(C(=O)COc4ccccc4)cc32)o1. The van der Waals surface area contributed by atoms with Crippen molar-refractivity contribution in [2.75, 3.05) is 18.1 Å². The Kier molecular flexibility index (Phi) is 6.44. The summed E-state index contributed by atoms with van der Waals surface area (Å²) in [6.07, 6.45) is 0. The molecule has 0 saturated carbocycles. The van der Waals surface area contributed by atoms with Crippen LogP contribution in [0, 0.1) is 0 Å². The zero-order valence-electron chi connectivity index (χ0n) is 18.4. The molecule has 0 atom stereocenters. The summed E-state index contributed by atoms with van der Waals surface area (Å²) in [4.78, 5) is 38.9. The lowest BCUT2D eigenvalue weighted by atomic mass is 10.1. The highest BCUT2D eigenvalue weighted by molar-refractivity contribution is 6.02. The van der Waals surface area contributed by atoms with Gasteiger partial charge in [0.25, 0.3) is 11.8 Å². The first-order chi connectivity index (χ1) is 15.9. The van der Waals surface area contributed by atoms with E-state index in [-0.39, 0.29) is 49.2 Å². The number of rotatable bonds is 8. The van der Waals surface area contributed by atoms with E-state index in [1.165, 1.54) is 4.90 Å². The van der Waals surface area contributed by atoms with E-state index in [2.05, 4.69) is 5.32 Å². The minimum absolute atomic E-state index is 0.0272. The van der Waals surface area contributed by atoms with E-state index in [0.717, 1.165) is 0 Å². The van der Waals surface area contributed by atoms with Gasteiger partial charge in [0.05, 0.1) is 12.2 Å². The van der Waals surface area contributed by atoms with Gasteiger partial charge in [-0.25, -0.2) is 0 Å². The van der Waals surface area contributed by atoms with Crippen LogP contribution in [-0.4, -0.2) is 36.9 Å². The fourth-order valence-corrected chi connectivity index (χ4v) is 3.37. The zero-order valence-corrected chi connectivity index (χ0v) is 18.4. The molecule has 0 unspecified atom stereocenters. The van der Waals surface area contributed by atoms with E-state index in [0.29, 0.717) is 28.5 Å². The molecule has 8 nitrogen and oxygen atoms in total. The molecule has 3 aromatic rings. The van der Waals surface area contributed by atoms with Gasteiger partial charge in [0.1, 0.15) is 17.3 Å². The lowest BCUT2D eigenvalue weighted by Crippen LogP contribution is -2.38. The molecule has 0 saturated heterocycles. The first-order valence-electron chi connectivity index (χ1n) is 10.6. The maximum absolute atomic E-state index is 12.7. The molecule has 2 amide bonds. The van der Waals surface area contributed by atoms with Gasteiger partial charge >= 0.3 is 0 Å². The van der Waals surface area contributed by atoms with Crippen LogP contribution < -0.4 is 19.7 Å². The van der Waals surface area contributed by atoms with Crippen LogP contribution in [0.3, 0.4) is 0 Å². The number of furan rings is 1. The summed E-state index contributed by atoms with van der Waals surface area (Å²) in [5.74, 6) is 0.855. The van der Waals surface area contributed by atoms with Gasteiger partial charge in [0.15, 0.2) is 24.8 Å². The molecule has 0 spiro atoms. The molecule has 1 aliphatic heterocycles. The number of hydrogen-bond acceptors (Lipinski definition) is 6. The predicted octanol–water partition coefficient (Wildman–Crippen LogP) is 3.61. The summed E-state index contributed by atoms with van der Waals surface area (Å²) in [5.41, 5.74) is 0.853. The average Bonchev–Trinajstić information content (AvgIpc) is 3.28. The monoisotopic (exact) mass is 448 g/mol. The van der Waals surface area contributed by atoms with Gasteiger partial charge in [0.2, 0.25) is 0 Å². The summed E-state index contributed by atoms with van der Waals surface area (Å²) < 4.78 is 16.7. The maximum Gasteiger partial charge on any atom is 0.287 e. The third-order valence-electron chi connectivity index (χ3n) is 4.96. The summed E-state index contributed by atoms with van der Waals surface area (Å²) in [5, 5.41) is 2.76. The molecular weight excluding hydrogens is 424 g/mol. The van der Waals surface area contributed by atoms with Gasteiger partial charge in [0, 0.05) is 11.6 Å². The van der Waals surface area contributed by atoms with E-state index >= 15 is 0 Å². The van der Waals surface area contributed by atoms with Crippen LogP contribution >= 0.6 is 0 Å². The van der Waals surface area contributed by atoms with E-state index in [4.69, 9.17) is 13.9 Å². The van der Waals surface area contributed by atoms with Crippen molar-refractivity contribution < 1.29 is 28.3 Å². The number of amides is 2. The second-order valence-corrected chi connectivity index (χ2v) is 7.87. The molecule has 8 heteroatoms. The summed E-state index contributed by atoms with van der Waals surface area (Å²) >= 11 is 0. The van der Waals surface area contributed by atoms with Crippen molar-refractivity contribution in [3.63, 3.8) is 0 Å². The van der Waals surface area contributed by atoms with Crippen LogP contribution in [0.5, 0.6) is 11.5 Å². The van der Waals surface area contributed by atoms with Crippen molar-refractivity contribution in [1.29, 1.82) is 0 Å². The Balaban J connectivity index is 1.51. The molecule has 0 radical (unpaired) electrons. The van der Waals surface area contributed by atoms with E-state index in [1.54, 1.807) is 42.5 Å². The number of carbonyl (C=O) groups is 3. The normalized spacial score (nSPS) is 12.8. The number of ketones is 1. The van der Waals surface area contributed by atoms with Gasteiger partial charge < -0.3 is 19.2 Å². The van der Waals surface area contributed by atoms with Gasteiger partial charge in [-0.3, -0.25) is 19.3 Å². The second kappa shape index (κ2) is 9.60. The largest absolute Gasteiger partial charge is 0.485 e. The number of nitrogens with one attached hydrogen (secondary N) is 1. The summed E-state index contributed by atoms with van der Waals surface area (Å²) in [6, 6.07) is 17.2. The van der Waals surface area contributed by atoms with Crippen molar-refractivity contribution in [2.24, 2.45) is 0 Å². The van der Waals surface area contributed by atoms with E-state index in [1.807, 2.05) is 32.0 Å². The molecule has 2 aromatic carbocycles. The molecule has 0 aliphatic carbocycles. The Hall–Kier alpha value is -4.07. The van der Waals surface area contributed by atoms with Gasteiger partial charge in [-0.15, -0.1) is 0 Å². The van der Waals surface area contributed by atoms with Crippen molar-refractivity contribution in [1.82, 2.24) is 5.32 Å². The topological polar surface area (TPSA) is 98.1 Å². The number of benzene rings is 2. The zero-order chi connectivity index (χ0) is 23.4. The Bertz CT molecular complexity index is 1170. The molecule has 4 rings (SSSR count). The van der Waals surface area contributed by atoms with Crippen LogP contribution in [0.4, 0.5) is 5.69 Å². The number of hydrogen-bond donors (Lipinski definition) is 1. The molecule has 0 bridgehead atoms. The van der Waals surface area contributed by atoms with Gasteiger partial charge in [-0.05, 0) is 56.3 Å². The van der Waals surface area contributed by atoms with Crippen LogP contribution in [0.15, 0.2) is 65.1 Å². The maximum atomic E-state index is 12.7. The lowest BCUT2D eigenvalue weighted by molar-refractivity contribution is -0.121. The van der Waals surface area contributed by atoms with Crippen molar-refractivity contribution >= 4 is 23.3 Å². The smallest absolute Gasteiger partial charge is 0.287 e. The minimum atomic E-state index is -0.323. The number of ether oxygens (including phenoxy) is 2. The van der Waals surface area contributed by atoms with E-state index in [9.17, 15) is 14.4 Å². The highest BCUT2D eigenvalue weighted by atomic mass is 16.5. The van der Waals surface area contributed by atoms with Crippen molar-refractivity contribution in [2.45, 2.75) is 26.4 Å². The third-order valence-corrected chi connectivity index (χ3v) is 4.96. The fourth-order valence-electron chi connectivity index (χ4n) is 3.37. The van der Waals surface area contributed by atoms with Crippen molar-refractivity contribution in [3.8, 4) is 11.5 Å². The summed E-state index contributed by atoms with van der Waals surface area (Å²) in [7, 11) is 0. The number of nitrogens with zero attached hydrogens (tertiary/aromatic N) is 1. The molecule has 33 heavy (non-hydrogen) atoms. The second-order valence-electron chi connectivity index (χ2n) is 7.87. The molecule has 1 aromatic heterocycles. The van der Waals surface area contributed by atoms with E-state index < -0.39 is 0 Å². The molecule has 0 fully saturated rings. The highest BCUT2D eigenvalue weighted by Gasteiger charge is 2.28. The van der Waals surface area contributed by atoms with Crippen LogP contribution in [0.25, 0.3) is 0 Å². The number of para-hydroxylation sites is 1.